The Labute approximate surface area is 252 Å². The molecule has 0 saturated heterocycles. The first-order chi connectivity index (χ1) is 21.0. The molecule has 44 heavy (non-hydrogen) atoms. The molecule has 0 atom stereocenters. The van der Waals surface area contributed by atoms with Crippen molar-refractivity contribution in [3.8, 4) is 51.9 Å². The molecule has 0 aliphatic carbocycles. The van der Waals surface area contributed by atoms with Gasteiger partial charge in [-0.25, -0.2) is 5.10 Å². The molecule has 0 unspecified atom stereocenters. The number of hydrogen-bond acceptors (Lipinski definition) is 10. The molecule has 0 aliphatic rings. The zero-order valence-corrected chi connectivity index (χ0v) is 23.6. The number of phenols is 1. The normalized spacial score (nSPS) is 10.8. The van der Waals surface area contributed by atoms with Gasteiger partial charge in [0.05, 0.1) is 5.02 Å². The number of nitrogen functional groups attached to an aromatic ring is 1. The largest absolute Gasteiger partial charge is 0.504 e. The van der Waals surface area contributed by atoms with E-state index in [4.69, 9.17) is 37.0 Å². The molecule has 0 fully saturated rings. The number of halogens is 3. The highest BCUT2D eigenvalue weighted by atomic mass is 35.5. The number of pyridine rings is 1. The molecule has 1 amide bonds. The summed E-state index contributed by atoms with van der Waals surface area (Å²) in [7, 11) is 3.11. The lowest BCUT2D eigenvalue weighted by molar-refractivity contribution is 0.0827. The lowest BCUT2D eigenvalue weighted by atomic mass is 10.2. The van der Waals surface area contributed by atoms with E-state index in [1.165, 1.54) is 59.5 Å². The number of nitrogens with zero attached hydrogens (tertiary/aromatic N) is 5. The predicted octanol–water partition coefficient (Wildman–Crippen LogP) is 5.26. The number of aromatic amines is 1. The molecule has 5 N–H and O–H groups in total. The Bertz CT molecular complexity index is 1890. The quantitative estimate of drug-likeness (QED) is 0.125. The van der Waals surface area contributed by atoms with Crippen molar-refractivity contribution >= 4 is 23.3 Å². The van der Waals surface area contributed by atoms with Crippen molar-refractivity contribution < 1.29 is 32.9 Å². The number of nitrogens with one attached hydrogen (secondary N) is 2. The Hall–Kier alpha value is -5.83. The minimum atomic E-state index is -1.42. The van der Waals surface area contributed by atoms with Gasteiger partial charge in [0.1, 0.15) is 17.3 Å². The van der Waals surface area contributed by atoms with E-state index in [9.17, 15) is 9.90 Å². The first kappa shape index (κ1) is 29.7. The number of hydrogen-bond donors (Lipinski definition) is 4. The summed E-state index contributed by atoms with van der Waals surface area (Å²) < 4.78 is 48.4. The molecule has 0 aliphatic heterocycles. The lowest BCUT2D eigenvalue weighted by Gasteiger charge is -2.16. The van der Waals surface area contributed by atoms with Gasteiger partial charge in [0.15, 0.2) is 17.3 Å². The van der Waals surface area contributed by atoms with E-state index in [2.05, 4.69) is 25.6 Å². The third-order valence-corrected chi connectivity index (χ3v) is 6.21. The highest BCUT2D eigenvalue weighted by molar-refractivity contribution is 6.32. The van der Waals surface area contributed by atoms with E-state index < -0.39 is 34.9 Å². The van der Waals surface area contributed by atoms with Crippen LogP contribution in [0.25, 0.3) is 11.4 Å². The molecular weight excluding hydrogens is 602 g/mol. The van der Waals surface area contributed by atoms with Gasteiger partial charge in [-0.05, 0) is 65.0 Å². The summed E-state index contributed by atoms with van der Waals surface area (Å²) >= 11 is 6.35. The van der Waals surface area contributed by atoms with E-state index in [1.54, 1.807) is 14.1 Å². The van der Waals surface area contributed by atoms with Gasteiger partial charge in [-0.3, -0.25) is 10.2 Å². The maximum atomic E-state index is 15.8. The summed E-state index contributed by atoms with van der Waals surface area (Å²) in [6.07, 6.45) is 0. The predicted molar refractivity (Wildman–Crippen MR) is 153 cm³/mol. The topological polar surface area (TPSA) is 185 Å². The van der Waals surface area contributed by atoms with Crippen molar-refractivity contribution in [2.24, 2.45) is 5.73 Å². The minimum Gasteiger partial charge on any atom is -0.504 e. The fraction of sp³-hybridized carbons (Fsp3) is 0.0714. The van der Waals surface area contributed by atoms with Crippen LogP contribution in [0.15, 0.2) is 60.7 Å². The van der Waals surface area contributed by atoms with Crippen molar-refractivity contribution in [2.45, 2.75) is 0 Å². The number of aromatic hydroxyl groups is 1. The second-order valence-electron chi connectivity index (χ2n) is 9.20. The maximum absolute atomic E-state index is 15.8. The fourth-order valence-corrected chi connectivity index (χ4v) is 3.98. The molecule has 2 aromatic heterocycles. The summed E-state index contributed by atoms with van der Waals surface area (Å²) in [4.78, 5) is 17.6. The van der Waals surface area contributed by atoms with Crippen molar-refractivity contribution in [1.29, 1.82) is 5.41 Å². The smallest absolute Gasteiger partial charge is 0.263 e. The summed E-state index contributed by atoms with van der Waals surface area (Å²) in [5.41, 5.74) is 6.35. The number of benzene rings is 3. The Kier molecular flexibility index (Phi) is 8.21. The van der Waals surface area contributed by atoms with Gasteiger partial charge in [-0.15, -0.1) is 5.10 Å². The Morgan fingerprint density at radius 3 is 2.39 bits per heavy atom. The SMILES string of the molecule is CN(C)C(=O)c1cccc(Oc2nc(Oc3cc(C(=N)N)ccc3O)c(F)c(Oc3ccc(-c4nnn[nH]4)cc3Cl)c2F)c1. The first-order valence-corrected chi connectivity index (χ1v) is 12.8. The van der Waals surface area contributed by atoms with Gasteiger partial charge in [0.2, 0.25) is 17.4 Å². The van der Waals surface area contributed by atoms with Crippen LogP contribution in [0.4, 0.5) is 8.78 Å². The number of carbonyl (C=O) groups excluding carboxylic acids is 1. The Morgan fingerprint density at radius 2 is 1.73 bits per heavy atom. The number of nitrogens with two attached hydrogens (primary N) is 1. The number of carbonyl (C=O) groups is 1. The van der Waals surface area contributed by atoms with Crippen LogP contribution in [0.2, 0.25) is 5.02 Å². The molecule has 3 aromatic carbocycles. The van der Waals surface area contributed by atoms with Crippen LogP contribution in [0.5, 0.6) is 40.5 Å². The monoisotopic (exact) mass is 622 g/mol. The van der Waals surface area contributed by atoms with E-state index in [-0.39, 0.29) is 51.0 Å². The van der Waals surface area contributed by atoms with Crippen LogP contribution in [0, 0.1) is 17.0 Å². The number of ether oxygens (including phenoxy) is 3. The molecule has 5 aromatic rings. The molecule has 0 spiro atoms. The molecular formula is C28H21ClF2N8O5. The van der Waals surface area contributed by atoms with Crippen molar-refractivity contribution in [1.82, 2.24) is 30.5 Å². The molecule has 2 heterocycles. The molecule has 0 bridgehead atoms. The van der Waals surface area contributed by atoms with Crippen LogP contribution >= 0.6 is 11.6 Å². The standard InChI is InChI=1S/C28H21ClF2N8O5/c1-39(2)28(41)15-4-3-5-16(10-15)42-26-21(30)23(43-19-9-7-14(11-17(19)29)25-35-37-38-36-25)22(31)27(34-26)44-20-12-13(24(32)33)6-8-18(20)40/h3-12,40H,1-2H3,(H3,32,33)(H,35,36,37,38). The number of amidine groups is 1. The van der Waals surface area contributed by atoms with Crippen molar-refractivity contribution in [3.05, 3.63) is 88.4 Å². The summed E-state index contributed by atoms with van der Waals surface area (Å²) in [5.74, 6) is -6.88. The fourth-order valence-electron chi connectivity index (χ4n) is 3.76. The number of tetrazole rings is 1. The van der Waals surface area contributed by atoms with Gasteiger partial charge in [0.25, 0.3) is 17.7 Å². The average Bonchev–Trinajstić information content (AvgIpc) is 3.54. The summed E-state index contributed by atoms with van der Waals surface area (Å²) in [5, 5.41) is 31.2. The van der Waals surface area contributed by atoms with Crippen molar-refractivity contribution in [2.75, 3.05) is 14.1 Å². The first-order valence-electron chi connectivity index (χ1n) is 12.5. The van der Waals surface area contributed by atoms with E-state index >= 15 is 8.78 Å². The lowest BCUT2D eigenvalue weighted by Crippen LogP contribution is -2.21. The van der Waals surface area contributed by atoms with Gasteiger partial charge >= 0.3 is 0 Å². The van der Waals surface area contributed by atoms with E-state index in [0.29, 0.717) is 5.56 Å². The molecule has 0 saturated carbocycles. The average molecular weight is 623 g/mol. The Morgan fingerprint density at radius 1 is 0.977 bits per heavy atom. The number of amides is 1. The zero-order chi connectivity index (χ0) is 31.5. The van der Waals surface area contributed by atoms with Gasteiger partial charge < -0.3 is 30.0 Å². The highest BCUT2D eigenvalue weighted by Gasteiger charge is 2.27. The molecule has 5 rings (SSSR count). The van der Waals surface area contributed by atoms with Crippen molar-refractivity contribution in [3.63, 3.8) is 0 Å². The van der Waals surface area contributed by atoms with Crippen LogP contribution in [-0.2, 0) is 0 Å². The maximum Gasteiger partial charge on any atom is 0.263 e. The van der Waals surface area contributed by atoms with Crippen LogP contribution in [-0.4, -0.2) is 61.5 Å². The molecule has 224 valence electrons. The van der Waals surface area contributed by atoms with Gasteiger partial charge in [-0.2, -0.15) is 13.8 Å². The third kappa shape index (κ3) is 6.17. The second-order valence-corrected chi connectivity index (χ2v) is 9.61. The minimum absolute atomic E-state index is 0.0166. The zero-order valence-electron chi connectivity index (χ0n) is 22.8. The molecule has 16 heteroatoms. The number of H-pyrrole nitrogens is 1. The van der Waals surface area contributed by atoms with Gasteiger partial charge in [0, 0.05) is 30.8 Å². The number of aromatic nitrogens is 5. The van der Waals surface area contributed by atoms with E-state index in [1.807, 2.05) is 0 Å². The summed E-state index contributed by atoms with van der Waals surface area (Å²) in [6.45, 7) is 0. The van der Waals surface area contributed by atoms with Crippen LogP contribution in [0.3, 0.4) is 0 Å². The third-order valence-electron chi connectivity index (χ3n) is 5.92. The van der Waals surface area contributed by atoms with Gasteiger partial charge in [-0.1, -0.05) is 17.7 Å². The number of phenolic OH excluding ortho intramolecular Hbond substituents is 1. The Balaban J connectivity index is 1.58. The second kappa shape index (κ2) is 12.2. The number of rotatable bonds is 9. The van der Waals surface area contributed by atoms with Crippen LogP contribution in [0.1, 0.15) is 15.9 Å². The summed E-state index contributed by atoms with van der Waals surface area (Å²) in [6, 6.07) is 13.7. The van der Waals surface area contributed by atoms with Crippen LogP contribution < -0.4 is 19.9 Å². The molecule has 13 nitrogen and oxygen atoms in total. The molecule has 0 radical (unpaired) electrons. The highest BCUT2D eigenvalue weighted by Crippen LogP contribution is 2.42. The van der Waals surface area contributed by atoms with E-state index in [0.717, 1.165) is 6.07 Å².